The predicted molar refractivity (Wildman–Crippen MR) is 108 cm³/mol. The molecule has 2 heterocycles. The molecule has 2 aromatic carbocycles. The van der Waals surface area contributed by atoms with Gasteiger partial charge in [-0.3, -0.25) is 4.90 Å². The molecular formula is C22H23ClN2O2. The lowest BCUT2D eigenvalue weighted by Crippen LogP contribution is -2.40. The second-order valence-corrected chi connectivity index (χ2v) is 7.78. The summed E-state index contributed by atoms with van der Waals surface area (Å²) in [6, 6.07) is 14.2. The molecule has 3 aromatic rings. The molecule has 4 rings (SSSR count). The summed E-state index contributed by atoms with van der Waals surface area (Å²) in [6.45, 7) is 4.96. The van der Waals surface area contributed by atoms with Gasteiger partial charge < -0.3 is 9.72 Å². The van der Waals surface area contributed by atoms with E-state index in [0.717, 1.165) is 33.6 Å². The number of aromatic amines is 1. The van der Waals surface area contributed by atoms with Crippen LogP contribution in [-0.2, 0) is 11.2 Å². The van der Waals surface area contributed by atoms with E-state index in [9.17, 15) is 4.79 Å². The van der Waals surface area contributed by atoms with Crippen LogP contribution in [-0.4, -0.2) is 29.6 Å². The van der Waals surface area contributed by atoms with E-state index in [0.29, 0.717) is 12.5 Å². The molecule has 0 saturated heterocycles. The number of amides is 1. The van der Waals surface area contributed by atoms with E-state index in [1.54, 1.807) is 4.90 Å². The molecule has 0 fully saturated rings. The van der Waals surface area contributed by atoms with Gasteiger partial charge in [-0.15, -0.1) is 0 Å². The molecule has 1 amide bonds. The van der Waals surface area contributed by atoms with Crippen LogP contribution in [0, 0.1) is 0 Å². The number of methoxy groups -OCH3 is 1. The quantitative estimate of drug-likeness (QED) is 0.621. The van der Waals surface area contributed by atoms with E-state index in [-0.39, 0.29) is 12.1 Å². The fourth-order valence-corrected chi connectivity index (χ4v) is 4.16. The Balaban J connectivity index is 1.87. The number of aromatic nitrogens is 1. The highest BCUT2D eigenvalue weighted by molar-refractivity contribution is 6.31. The summed E-state index contributed by atoms with van der Waals surface area (Å²) in [5, 5.41) is 1.85. The predicted octanol–water partition coefficient (Wildman–Crippen LogP) is 5.66. The van der Waals surface area contributed by atoms with Crippen molar-refractivity contribution in [2.75, 3.05) is 13.7 Å². The molecule has 1 unspecified atom stereocenters. The number of benzene rings is 2. The van der Waals surface area contributed by atoms with Gasteiger partial charge in [-0.25, -0.2) is 4.79 Å². The van der Waals surface area contributed by atoms with Gasteiger partial charge in [0.15, 0.2) is 0 Å². The number of rotatable bonds is 2. The largest absolute Gasteiger partial charge is 0.453 e. The minimum Gasteiger partial charge on any atom is -0.453 e. The molecule has 1 aromatic heterocycles. The first-order chi connectivity index (χ1) is 13.0. The maximum atomic E-state index is 12.5. The Hall–Kier alpha value is -2.46. The van der Waals surface area contributed by atoms with Crippen molar-refractivity contribution in [2.45, 2.75) is 32.2 Å². The van der Waals surface area contributed by atoms with Crippen molar-refractivity contribution in [1.82, 2.24) is 9.88 Å². The van der Waals surface area contributed by atoms with Crippen LogP contribution in [0.4, 0.5) is 4.79 Å². The highest BCUT2D eigenvalue weighted by Gasteiger charge is 2.35. The minimum atomic E-state index is -0.310. The average Bonchev–Trinajstić information content (AvgIpc) is 3.04. The summed E-state index contributed by atoms with van der Waals surface area (Å²) in [5.74, 6) is 0.466. The van der Waals surface area contributed by atoms with E-state index in [4.69, 9.17) is 16.3 Å². The first-order valence-corrected chi connectivity index (χ1v) is 9.62. The molecule has 0 spiro atoms. The number of carbonyl (C=O) groups is 1. The van der Waals surface area contributed by atoms with Crippen molar-refractivity contribution in [3.05, 3.63) is 69.9 Å². The van der Waals surface area contributed by atoms with Crippen LogP contribution in [0.1, 0.15) is 48.2 Å². The number of ether oxygens (including phenoxy) is 1. The average molecular weight is 383 g/mol. The Morgan fingerprint density at radius 2 is 1.96 bits per heavy atom. The summed E-state index contributed by atoms with van der Waals surface area (Å²) in [5.41, 5.74) is 5.66. The molecular weight excluding hydrogens is 360 g/mol. The van der Waals surface area contributed by atoms with Crippen LogP contribution in [0.2, 0.25) is 5.02 Å². The SMILES string of the molecule is COC(=O)N1CCc2c([nH]c3ccc(Cl)cc23)C1c1ccc(C(C)C)cc1. The zero-order valence-corrected chi connectivity index (χ0v) is 16.5. The summed E-state index contributed by atoms with van der Waals surface area (Å²) < 4.78 is 5.06. The summed E-state index contributed by atoms with van der Waals surface area (Å²) in [6.07, 6.45) is 0.459. The number of halogens is 1. The Morgan fingerprint density at radius 3 is 2.63 bits per heavy atom. The topological polar surface area (TPSA) is 45.3 Å². The van der Waals surface area contributed by atoms with Crippen molar-refractivity contribution < 1.29 is 9.53 Å². The van der Waals surface area contributed by atoms with E-state index in [1.807, 2.05) is 18.2 Å². The van der Waals surface area contributed by atoms with Crippen LogP contribution < -0.4 is 0 Å². The zero-order valence-electron chi connectivity index (χ0n) is 15.8. The molecule has 0 saturated carbocycles. The van der Waals surface area contributed by atoms with E-state index < -0.39 is 0 Å². The van der Waals surface area contributed by atoms with Crippen LogP contribution in [0.15, 0.2) is 42.5 Å². The molecule has 1 atom stereocenters. The van der Waals surface area contributed by atoms with Crippen LogP contribution in [0.25, 0.3) is 10.9 Å². The monoisotopic (exact) mass is 382 g/mol. The number of hydrogen-bond acceptors (Lipinski definition) is 2. The fraction of sp³-hybridized carbons (Fsp3) is 0.318. The zero-order chi connectivity index (χ0) is 19.1. The number of H-pyrrole nitrogens is 1. The lowest BCUT2D eigenvalue weighted by molar-refractivity contribution is 0.108. The second-order valence-electron chi connectivity index (χ2n) is 7.34. The van der Waals surface area contributed by atoms with Crippen LogP contribution in [0.3, 0.4) is 0 Å². The molecule has 4 nitrogen and oxygen atoms in total. The van der Waals surface area contributed by atoms with Crippen molar-refractivity contribution in [3.63, 3.8) is 0 Å². The first-order valence-electron chi connectivity index (χ1n) is 9.24. The van der Waals surface area contributed by atoms with Gasteiger partial charge in [0.2, 0.25) is 0 Å². The smallest absolute Gasteiger partial charge is 0.410 e. The van der Waals surface area contributed by atoms with Crippen molar-refractivity contribution in [1.29, 1.82) is 0 Å². The summed E-state index contributed by atoms with van der Waals surface area (Å²) in [4.78, 5) is 17.8. The standard InChI is InChI=1S/C22H23ClN2O2/c1-13(2)14-4-6-15(7-5-14)21-20-17(10-11-25(21)22(26)27-3)18-12-16(23)8-9-19(18)24-20/h4-9,12-13,21,24H,10-11H2,1-3H3. The third kappa shape index (κ3) is 3.08. The lowest BCUT2D eigenvalue weighted by Gasteiger charge is -2.35. The maximum Gasteiger partial charge on any atom is 0.410 e. The van der Waals surface area contributed by atoms with Gasteiger partial charge in [-0.1, -0.05) is 49.7 Å². The number of fused-ring (bicyclic) bond motifs is 3. The van der Waals surface area contributed by atoms with E-state index in [1.165, 1.54) is 18.2 Å². The third-order valence-corrected chi connectivity index (χ3v) is 5.65. The highest BCUT2D eigenvalue weighted by atomic mass is 35.5. The number of carbonyl (C=O) groups excluding carboxylic acids is 1. The molecule has 1 N–H and O–H groups in total. The summed E-state index contributed by atoms with van der Waals surface area (Å²) >= 11 is 6.22. The van der Waals surface area contributed by atoms with Gasteiger partial charge in [-0.2, -0.15) is 0 Å². The minimum absolute atomic E-state index is 0.200. The normalized spacial score (nSPS) is 16.6. The highest BCUT2D eigenvalue weighted by Crippen LogP contribution is 2.39. The number of nitrogens with zero attached hydrogens (tertiary/aromatic N) is 1. The second kappa shape index (κ2) is 6.93. The molecule has 27 heavy (non-hydrogen) atoms. The van der Waals surface area contributed by atoms with Gasteiger partial charge >= 0.3 is 6.09 Å². The van der Waals surface area contributed by atoms with Gasteiger partial charge in [0, 0.05) is 28.2 Å². The summed E-state index contributed by atoms with van der Waals surface area (Å²) in [7, 11) is 1.43. The fourth-order valence-electron chi connectivity index (χ4n) is 3.98. The van der Waals surface area contributed by atoms with Gasteiger partial charge in [0.1, 0.15) is 6.04 Å². The lowest BCUT2D eigenvalue weighted by atomic mass is 9.91. The van der Waals surface area contributed by atoms with E-state index >= 15 is 0 Å². The molecule has 140 valence electrons. The Morgan fingerprint density at radius 1 is 1.22 bits per heavy atom. The van der Waals surface area contributed by atoms with Crippen molar-refractivity contribution in [3.8, 4) is 0 Å². The van der Waals surface area contributed by atoms with E-state index in [2.05, 4.69) is 43.1 Å². The number of nitrogens with one attached hydrogen (secondary N) is 1. The van der Waals surface area contributed by atoms with Crippen molar-refractivity contribution >= 4 is 28.6 Å². The maximum absolute atomic E-state index is 12.5. The van der Waals surface area contributed by atoms with Crippen LogP contribution >= 0.6 is 11.6 Å². The molecule has 0 bridgehead atoms. The Labute approximate surface area is 164 Å². The third-order valence-electron chi connectivity index (χ3n) is 5.42. The molecule has 1 aliphatic rings. The molecule has 0 aliphatic carbocycles. The number of hydrogen-bond donors (Lipinski definition) is 1. The molecule has 5 heteroatoms. The van der Waals surface area contributed by atoms with Crippen LogP contribution in [0.5, 0.6) is 0 Å². The first kappa shape index (κ1) is 17.9. The Kier molecular flexibility index (Phi) is 4.60. The van der Waals surface area contributed by atoms with Crippen molar-refractivity contribution in [2.24, 2.45) is 0 Å². The van der Waals surface area contributed by atoms with Gasteiger partial charge in [0.25, 0.3) is 0 Å². The molecule has 1 aliphatic heterocycles. The van der Waals surface area contributed by atoms with Gasteiger partial charge in [-0.05, 0) is 47.2 Å². The molecule has 0 radical (unpaired) electrons. The van der Waals surface area contributed by atoms with Gasteiger partial charge in [0.05, 0.1) is 7.11 Å². The Bertz CT molecular complexity index is 991.